The Morgan fingerprint density at radius 3 is 2.32 bits per heavy atom. The summed E-state index contributed by atoms with van der Waals surface area (Å²) in [6.07, 6.45) is 16.7. The van der Waals surface area contributed by atoms with Gasteiger partial charge in [0, 0.05) is 31.9 Å². The van der Waals surface area contributed by atoms with E-state index in [1.165, 1.54) is 51.4 Å². The van der Waals surface area contributed by atoms with Gasteiger partial charge in [0.05, 0.1) is 6.17 Å². The minimum Gasteiger partial charge on any atom is -0.370 e. The van der Waals surface area contributed by atoms with Gasteiger partial charge in [-0.05, 0) is 13.3 Å². The van der Waals surface area contributed by atoms with Crippen molar-refractivity contribution < 1.29 is 4.79 Å². The third-order valence-corrected chi connectivity index (χ3v) is 4.30. The Labute approximate surface area is 136 Å². The van der Waals surface area contributed by atoms with E-state index in [4.69, 9.17) is 0 Å². The molecule has 0 saturated heterocycles. The van der Waals surface area contributed by atoms with Crippen molar-refractivity contribution in [2.45, 2.75) is 84.2 Å². The quantitative estimate of drug-likeness (QED) is 0.509. The summed E-state index contributed by atoms with van der Waals surface area (Å²) in [7, 11) is 0. The van der Waals surface area contributed by atoms with Gasteiger partial charge in [0.2, 0.25) is 5.91 Å². The van der Waals surface area contributed by atoms with Crippen LogP contribution >= 0.6 is 0 Å². The maximum atomic E-state index is 11.7. The molecule has 4 nitrogen and oxygen atoms in total. The number of hydrogen-bond donors (Lipinski definition) is 2. The highest BCUT2D eigenvalue weighted by molar-refractivity contribution is 5.75. The molecule has 0 bridgehead atoms. The number of nitrogens with one attached hydrogen (secondary N) is 2. The Bertz CT molecular complexity index is 317. The third-order valence-electron chi connectivity index (χ3n) is 4.30. The van der Waals surface area contributed by atoms with Crippen LogP contribution in [0, 0.1) is 0 Å². The largest absolute Gasteiger partial charge is 0.370 e. The van der Waals surface area contributed by atoms with Gasteiger partial charge in [-0.25, -0.2) is 0 Å². The molecule has 1 atom stereocenters. The van der Waals surface area contributed by atoms with Gasteiger partial charge in [0.15, 0.2) is 0 Å². The van der Waals surface area contributed by atoms with Crippen LogP contribution in [-0.4, -0.2) is 30.1 Å². The maximum Gasteiger partial charge on any atom is 0.220 e. The predicted octanol–water partition coefficient (Wildman–Crippen LogP) is 3.75. The van der Waals surface area contributed by atoms with Crippen LogP contribution in [0.3, 0.4) is 0 Å². The van der Waals surface area contributed by atoms with Crippen LogP contribution in [0.2, 0.25) is 0 Å². The first-order valence-electron chi connectivity index (χ1n) is 9.19. The number of nitrogens with zero attached hydrogens (tertiary/aromatic N) is 1. The summed E-state index contributed by atoms with van der Waals surface area (Å²) in [5.74, 6) is 0.201. The van der Waals surface area contributed by atoms with Crippen molar-refractivity contribution in [2.24, 2.45) is 0 Å². The molecule has 2 N–H and O–H groups in total. The van der Waals surface area contributed by atoms with E-state index >= 15 is 0 Å². The first-order chi connectivity index (χ1) is 10.7. The molecule has 0 saturated carbocycles. The van der Waals surface area contributed by atoms with Crippen molar-refractivity contribution in [1.82, 2.24) is 15.5 Å². The molecular weight excluding hydrogens is 274 g/mol. The summed E-state index contributed by atoms with van der Waals surface area (Å²) in [4.78, 5) is 13.9. The first kappa shape index (κ1) is 18.9. The van der Waals surface area contributed by atoms with Crippen molar-refractivity contribution in [3.8, 4) is 0 Å². The molecule has 128 valence electrons. The average molecular weight is 309 g/mol. The zero-order valence-corrected chi connectivity index (χ0v) is 14.6. The van der Waals surface area contributed by atoms with E-state index in [1.807, 2.05) is 12.4 Å². The Morgan fingerprint density at radius 1 is 1.09 bits per heavy atom. The molecule has 0 aromatic rings. The summed E-state index contributed by atoms with van der Waals surface area (Å²) in [5.41, 5.74) is 0. The molecule has 0 radical (unpaired) electrons. The third kappa shape index (κ3) is 8.96. The highest BCUT2D eigenvalue weighted by Gasteiger charge is 2.12. The monoisotopic (exact) mass is 309 g/mol. The molecule has 1 amide bonds. The van der Waals surface area contributed by atoms with Crippen LogP contribution in [0.4, 0.5) is 0 Å². The van der Waals surface area contributed by atoms with Gasteiger partial charge in [0.25, 0.3) is 0 Å². The Hall–Kier alpha value is -1.19. The van der Waals surface area contributed by atoms with E-state index in [2.05, 4.69) is 29.4 Å². The van der Waals surface area contributed by atoms with Gasteiger partial charge >= 0.3 is 0 Å². The number of hydrogen-bond acceptors (Lipinski definition) is 3. The van der Waals surface area contributed by atoms with Crippen molar-refractivity contribution in [3.05, 3.63) is 12.4 Å². The zero-order chi connectivity index (χ0) is 16.0. The fourth-order valence-electron chi connectivity index (χ4n) is 2.78. The van der Waals surface area contributed by atoms with Crippen LogP contribution in [0.15, 0.2) is 12.4 Å². The molecule has 0 aromatic heterocycles. The summed E-state index contributed by atoms with van der Waals surface area (Å²) in [6, 6.07) is 0. The maximum absolute atomic E-state index is 11.7. The second-order valence-corrected chi connectivity index (χ2v) is 6.32. The number of amides is 1. The van der Waals surface area contributed by atoms with Gasteiger partial charge in [-0.1, -0.05) is 58.3 Å². The first-order valence-corrected chi connectivity index (χ1v) is 9.19. The molecule has 0 fully saturated rings. The van der Waals surface area contributed by atoms with E-state index in [0.717, 1.165) is 19.5 Å². The van der Waals surface area contributed by atoms with Gasteiger partial charge < -0.3 is 15.5 Å². The molecule has 1 rings (SSSR count). The molecule has 1 heterocycles. The lowest BCUT2D eigenvalue weighted by molar-refractivity contribution is -0.121. The lowest BCUT2D eigenvalue weighted by Gasteiger charge is -2.21. The molecule has 1 aliphatic heterocycles. The fourth-order valence-corrected chi connectivity index (χ4v) is 2.78. The molecule has 1 unspecified atom stereocenters. The molecule has 22 heavy (non-hydrogen) atoms. The molecule has 1 aliphatic rings. The lowest BCUT2D eigenvalue weighted by Crippen LogP contribution is -2.38. The summed E-state index contributed by atoms with van der Waals surface area (Å²) in [6.45, 7) is 5.97. The van der Waals surface area contributed by atoms with Crippen molar-refractivity contribution in [2.75, 3.05) is 13.1 Å². The summed E-state index contributed by atoms with van der Waals surface area (Å²) >= 11 is 0. The van der Waals surface area contributed by atoms with Gasteiger partial charge in [-0.2, -0.15) is 0 Å². The van der Waals surface area contributed by atoms with Crippen molar-refractivity contribution in [1.29, 1.82) is 0 Å². The number of carbonyl (C=O) groups is 1. The van der Waals surface area contributed by atoms with Crippen molar-refractivity contribution in [3.63, 3.8) is 0 Å². The minimum atomic E-state index is 0.201. The highest BCUT2D eigenvalue weighted by atomic mass is 16.1. The summed E-state index contributed by atoms with van der Waals surface area (Å²) < 4.78 is 0. The highest BCUT2D eigenvalue weighted by Crippen LogP contribution is 2.10. The van der Waals surface area contributed by atoms with E-state index < -0.39 is 0 Å². The molecule has 4 heteroatoms. The second kappa shape index (κ2) is 12.4. The average Bonchev–Trinajstić information content (AvgIpc) is 2.91. The van der Waals surface area contributed by atoms with Crippen LogP contribution < -0.4 is 10.6 Å². The van der Waals surface area contributed by atoms with Crippen LogP contribution in [-0.2, 0) is 4.79 Å². The second-order valence-electron chi connectivity index (χ2n) is 6.32. The van der Waals surface area contributed by atoms with Crippen LogP contribution in [0.1, 0.15) is 78.1 Å². The van der Waals surface area contributed by atoms with Gasteiger partial charge in [-0.3, -0.25) is 4.79 Å². The summed E-state index contributed by atoms with van der Waals surface area (Å²) in [5, 5.41) is 6.22. The Balaban J connectivity index is 1.84. The number of rotatable bonds is 13. The van der Waals surface area contributed by atoms with Gasteiger partial charge in [0.1, 0.15) is 0 Å². The minimum absolute atomic E-state index is 0.201. The Morgan fingerprint density at radius 2 is 1.73 bits per heavy atom. The van der Waals surface area contributed by atoms with E-state index in [9.17, 15) is 4.79 Å². The smallest absolute Gasteiger partial charge is 0.220 e. The predicted molar refractivity (Wildman–Crippen MR) is 93.3 cm³/mol. The molecule has 0 aromatic carbocycles. The van der Waals surface area contributed by atoms with E-state index in [1.54, 1.807) is 0 Å². The molecule has 0 aliphatic carbocycles. The van der Waals surface area contributed by atoms with Crippen molar-refractivity contribution >= 4 is 5.91 Å². The standard InChI is InChI=1S/C18H35N3O/c1-3-4-5-6-7-8-9-10-11-12-18(22)20-14-16-21-15-13-19-17(21)2/h13,15,17,19H,3-12,14,16H2,1-2H3,(H,20,22). The normalized spacial score (nSPS) is 16.8. The van der Waals surface area contributed by atoms with Gasteiger partial charge in [-0.15, -0.1) is 0 Å². The molecular formula is C18H35N3O. The zero-order valence-electron chi connectivity index (χ0n) is 14.6. The number of unbranched alkanes of at least 4 members (excludes halogenated alkanes) is 8. The van der Waals surface area contributed by atoms with E-state index in [-0.39, 0.29) is 5.91 Å². The number of carbonyl (C=O) groups excluding carboxylic acids is 1. The van der Waals surface area contributed by atoms with E-state index in [0.29, 0.717) is 12.6 Å². The lowest BCUT2D eigenvalue weighted by atomic mass is 10.1. The SMILES string of the molecule is CCCCCCCCCCCC(=O)NCCN1C=CNC1C. The Kier molecular flexibility index (Phi) is 10.6. The topological polar surface area (TPSA) is 44.4 Å². The van der Waals surface area contributed by atoms with Crippen LogP contribution in [0.25, 0.3) is 0 Å². The molecule has 0 spiro atoms. The van der Waals surface area contributed by atoms with Crippen LogP contribution in [0.5, 0.6) is 0 Å². The fraction of sp³-hybridized carbons (Fsp3) is 0.833.